The highest BCUT2D eigenvalue weighted by molar-refractivity contribution is 5.76. The molecule has 1 aliphatic rings. The number of piperidine rings is 1. The van der Waals surface area contributed by atoms with Crippen molar-refractivity contribution in [2.45, 2.75) is 24.9 Å². The molecule has 1 aliphatic heterocycles. The molecule has 2 N–H and O–H groups in total. The molecule has 0 saturated carbocycles. The van der Waals surface area contributed by atoms with Crippen molar-refractivity contribution < 1.29 is 9.63 Å². The van der Waals surface area contributed by atoms with Gasteiger partial charge >= 0.3 is 0 Å². The highest BCUT2D eigenvalue weighted by Crippen LogP contribution is 2.20. The van der Waals surface area contributed by atoms with Gasteiger partial charge in [0.05, 0.1) is 25.3 Å². The molecule has 0 aromatic heterocycles. The van der Waals surface area contributed by atoms with Gasteiger partial charge < -0.3 is 5.73 Å². The minimum absolute atomic E-state index is 0.115. The summed E-state index contributed by atoms with van der Waals surface area (Å²) in [5.41, 5.74) is 5.19. The predicted octanol–water partition coefficient (Wildman–Crippen LogP) is -0.122. The number of carbonyl (C=O) groups is 1. The molecule has 1 rings (SSSR count). The molecule has 100 valence electrons. The van der Waals surface area contributed by atoms with Crippen molar-refractivity contribution in [3.63, 3.8) is 0 Å². The fraction of sp³-hybridized carbons (Fsp3) is 0.667. The molecule has 0 bridgehead atoms. The third-order valence-electron chi connectivity index (χ3n) is 3.08. The molecule has 1 saturated heterocycles. The summed E-state index contributed by atoms with van der Waals surface area (Å²) in [5, 5.41) is 10.8. The van der Waals surface area contributed by atoms with Gasteiger partial charge in [0.2, 0.25) is 5.91 Å². The molecule has 0 aromatic carbocycles. The number of nitriles is 1. The lowest BCUT2D eigenvalue weighted by Crippen LogP contribution is -2.52. The SMILES string of the molecule is C=CCON(C)[C@@H]1CC[C@@H](C#N)N(CC(N)=O)C1. The van der Waals surface area contributed by atoms with Crippen LogP contribution < -0.4 is 5.73 Å². The predicted molar refractivity (Wildman–Crippen MR) is 67.1 cm³/mol. The normalized spacial score (nSPS) is 24.7. The number of hydroxylamine groups is 2. The molecule has 6 heteroatoms. The summed E-state index contributed by atoms with van der Waals surface area (Å²) in [4.78, 5) is 18.2. The summed E-state index contributed by atoms with van der Waals surface area (Å²) in [6.07, 6.45) is 3.26. The summed E-state index contributed by atoms with van der Waals surface area (Å²) in [7, 11) is 1.85. The van der Waals surface area contributed by atoms with Crippen LogP contribution in [0.15, 0.2) is 12.7 Å². The average Bonchev–Trinajstić information content (AvgIpc) is 2.35. The Morgan fingerprint density at radius 1 is 1.72 bits per heavy atom. The topological polar surface area (TPSA) is 82.6 Å². The van der Waals surface area contributed by atoms with Gasteiger partial charge in [0, 0.05) is 19.6 Å². The first-order chi connectivity index (χ1) is 8.58. The van der Waals surface area contributed by atoms with Crippen LogP contribution >= 0.6 is 0 Å². The molecule has 0 aliphatic carbocycles. The lowest BCUT2D eigenvalue weighted by atomic mass is 9.99. The summed E-state index contributed by atoms with van der Waals surface area (Å²) in [6, 6.07) is 2.13. The van der Waals surface area contributed by atoms with Gasteiger partial charge in [-0.05, 0) is 12.8 Å². The van der Waals surface area contributed by atoms with Crippen LogP contribution in [0.3, 0.4) is 0 Å². The number of hydrogen-bond donors (Lipinski definition) is 1. The van der Waals surface area contributed by atoms with E-state index >= 15 is 0 Å². The zero-order valence-electron chi connectivity index (χ0n) is 10.7. The highest BCUT2D eigenvalue weighted by Gasteiger charge is 2.31. The first kappa shape index (κ1) is 14.6. The van der Waals surface area contributed by atoms with E-state index in [0.717, 1.165) is 12.8 Å². The van der Waals surface area contributed by atoms with E-state index in [4.69, 9.17) is 15.8 Å². The van der Waals surface area contributed by atoms with Crippen LogP contribution in [0.2, 0.25) is 0 Å². The molecule has 0 aromatic rings. The molecular weight excluding hydrogens is 232 g/mol. The van der Waals surface area contributed by atoms with Crippen molar-refractivity contribution in [3.05, 3.63) is 12.7 Å². The summed E-state index contributed by atoms with van der Waals surface area (Å²) in [5.74, 6) is -0.412. The monoisotopic (exact) mass is 252 g/mol. The Kier molecular flexibility index (Phi) is 5.78. The second kappa shape index (κ2) is 7.11. The molecule has 0 radical (unpaired) electrons. The lowest BCUT2D eigenvalue weighted by molar-refractivity contribution is -0.170. The van der Waals surface area contributed by atoms with Crippen LogP contribution in [0.25, 0.3) is 0 Å². The number of hydrogen-bond acceptors (Lipinski definition) is 5. The molecule has 6 nitrogen and oxygen atoms in total. The second-order valence-electron chi connectivity index (χ2n) is 4.40. The van der Waals surface area contributed by atoms with E-state index in [2.05, 4.69) is 12.6 Å². The number of amides is 1. The molecule has 2 atom stereocenters. The molecule has 1 amide bonds. The van der Waals surface area contributed by atoms with Gasteiger partial charge in [-0.25, -0.2) is 0 Å². The minimum atomic E-state index is -0.412. The number of likely N-dealkylation sites (N-methyl/N-ethyl adjacent to an activating group) is 1. The first-order valence-electron chi connectivity index (χ1n) is 5.97. The van der Waals surface area contributed by atoms with Gasteiger partial charge in [-0.1, -0.05) is 6.08 Å². The van der Waals surface area contributed by atoms with E-state index in [1.807, 2.05) is 11.9 Å². The van der Waals surface area contributed by atoms with Crippen LogP contribution in [-0.2, 0) is 9.63 Å². The van der Waals surface area contributed by atoms with E-state index in [9.17, 15) is 4.79 Å². The summed E-state index contributed by atoms with van der Waals surface area (Å²) in [6.45, 7) is 4.76. The van der Waals surface area contributed by atoms with E-state index < -0.39 is 5.91 Å². The molecule has 0 unspecified atom stereocenters. The maximum Gasteiger partial charge on any atom is 0.231 e. The van der Waals surface area contributed by atoms with Crippen molar-refractivity contribution >= 4 is 5.91 Å². The fourth-order valence-corrected chi connectivity index (χ4v) is 2.12. The Morgan fingerprint density at radius 2 is 2.44 bits per heavy atom. The second-order valence-corrected chi connectivity index (χ2v) is 4.40. The van der Waals surface area contributed by atoms with Gasteiger partial charge in [0.15, 0.2) is 0 Å². The zero-order valence-corrected chi connectivity index (χ0v) is 10.7. The minimum Gasteiger partial charge on any atom is -0.369 e. The van der Waals surface area contributed by atoms with Crippen molar-refractivity contribution in [2.75, 3.05) is 26.7 Å². The van der Waals surface area contributed by atoms with Crippen molar-refractivity contribution in [1.29, 1.82) is 5.26 Å². The number of nitrogens with zero attached hydrogens (tertiary/aromatic N) is 3. The van der Waals surface area contributed by atoms with Gasteiger partial charge in [0.25, 0.3) is 0 Å². The van der Waals surface area contributed by atoms with Crippen LogP contribution in [0.1, 0.15) is 12.8 Å². The maximum atomic E-state index is 11.0. The third-order valence-corrected chi connectivity index (χ3v) is 3.08. The van der Waals surface area contributed by atoms with Crippen molar-refractivity contribution in [3.8, 4) is 6.07 Å². The van der Waals surface area contributed by atoms with E-state index in [-0.39, 0.29) is 18.6 Å². The third kappa shape index (κ3) is 4.11. The Hall–Kier alpha value is -1.42. The number of carbonyl (C=O) groups excluding carboxylic acids is 1. The van der Waals surface area contributed by atoms with Crippen LogP contribution in [0.4, 0.5) is 0 Å². The number of likely N-dealkylation sites (tertiary alicyclic amines) is 1. The van der Waals surface area contributed by atoms with Crippen LogP contribution in [0.5, 0.6) is 0 Å². The van der Waals surface area contributed by atoms with Crippen LogP contribution in [0, 0.1) is 11.3 Å². The van der Waals surface area contributed by atoms with Crippen LogP contribution in [-0.4, -0.2) is 54.7 Å². The average molecular weight is 252 g/mol. The molecular formula is C12H20N4O2. The zero-order chi connectivity index (χ0) is 13.5. The smallest absolute Gasteiger partial charge is 0.231 e. The Bertz CT molecular complexity index is 339. The number of rotatable bonds is 6. The summed E-state index contributed by atoms with van der Waals surface area (Å²) >= 11 is 0. The Balaban J connectivity index is 2.57. The van der Waals surface area contributed by atoms with Crippen molar-refractivity contribution in [2.24, 2.45) is 5.73 Å². The van der Waals surface area contributed by atoms with E-state index in [0.29, 0.717) is 13.2 Å². The quantitative estimate of drug-likeness (QED) is 0.526. The molecule has 0 spiro atoms. The fourth-order valence-electron chi connectivity index (χ4n) is 2.12. The number of nitrogens with two attached hydrogens (primary N) is 1. The highest BCUT2D eigenvalue weighted by atomic mass is 16.7. The van der Waals surface area contributed by atoms with Gasteiger partial charge in [-0.3, -0.25) is 14.5 Å². The lowest BCUT2D eigenvalue weighted by Gasteiger charge is -2.38. The standard InChI is InChI=1S/C12H20N4O2/c1-3-6-18-15(2)11-5-4-10(7-13)16(8-11)9-12(14)17/h3,10-11H,1,4-6,8-9H2,2H3,(H2,14,17)/t10-,11+/m0/s1. The van der Waals surface area contributed by atoms with Gasteiger partial charge in [-0.2, -0.15) is 10.3 Å². The summed E-state index contributed by atoms with van der Waals surface area (Å²) < 4.78 is 0. The largest absolute Gasteiger partial charge is 0.369 e. The van der Waals surface area contributed by atoms with Gasteiger partial charge in [-0.15, -0.1) is 6.58 Å². The van der Waals surface area contributed by atoms with E-state index in [1.54, 1.807) is 11.1 Å². The molecule has 1 heterocycles. The Labute approximate surface area is 108 Å². The molecule has 18 heavy (non-hydrogen) atoms. The van der Waals surface area contributed by atoms with E-state index in [1.165, 1.54) is 0 Å². The van der Waals surface area contributed by atoms with Crippen molar-refractivity contribution in [1.82, 2.24) is 9.96 Å². The maximum absolute atomic E-state index is 11.0. The number of primary amides is 1. The Morgan fingerprint density at radius 3 is 3.00 bits per heavy atom. The first-order valence-corrected chi connectivity index (χ1v) is 5.97. The molecule has 1 fully saturated rings. The van der Waals surface area contributed by atoms with Gasteiger partial charge in [0.1, 0.15) is 0 Å².